The number of carboxylic acids is 1. The lowest BCUT2D eigenvalue weighted by Gasteiger charge is -1.89. The molecule has 0 unspecified atom stereocenters. The summed E-state index contributed by atoms with van der Waals surface area (Å²) in [6.07, 6.45) is 1.36. The molecular formula is C11H16O2. The van der Waals surface area contributed by atoms with Gasteiger partial charge < -0.3 is 5.11 Å². The van der Waals surface area contributed by atoms with E-state index >= 15 is 0 Å². The Morgan fingerprint density at radius 3 is 1.92 bits per heavy atom. The molecule has 1 aromatic rings. The highest BCUT2D eigenvalue weighted by molar-refractivity contribution is 5.66. The van der Waals surface area contributed by atoms with E-state index in [1.807, 2.05) is 6.07 Å². The molecule has 13 heavy (non-hydrogen) atoms. The highest BCUT2D eigenvalue weighted by atomic mass is 16.4. The van der Waals surface area contributed by atoms with Crippen molar-refractivity contribution in [3.8, 4) is 0 Å². The van der Waals surface area contributed by atoms with E-state index in [0.717, 1.165) is 6.42 Å². The maximum Gasteiger partial charge on any atom is 0.303 e. The molecule has 2 nitrogen and oxygen atoms in total. The molecule has 72 valence electrons. The van der Waals surface area contributed by atoms with Gasteiger partial charge in [0.2, 0.25) is 0 Å². The van der Waals surface area contributed by atoms with Gasteiger partial charge in [-0.3, -0.25) is 4.79 Å². The summed E-state index contributed by atoms with van der Waals surface area (Å²) in [5.41, 5.74) is 1.41. The molecule has 2 heteroatoms. The molecule has 0 aliphatic heterocycles. The van der Waals surface area contributed by atoms with Gasteiger partial charge in [0, 0.05) is 6.42 Å². The molecule has 1 rings (SSSR count). The molecule has 0 saturated carbocycles. The summed E-state index contributed by atoms with van der Waals surface area (Å²) in [5, 5.41) is 7.72. The Bertz CT molecular complexity index is 229. The molecule has 0 aliphatic rings. The minimum atomic E-state index is -0.745. The van der Waals surface area contributed by atoms with Crippen LogP contribution < -0.4 is 0 Å². The van der Waals surface area contributed by atoms with Gasteiger partial charge in [-0.1, -0.05) is 44.2 Å². The van der Waals surface area contributed by atoms with Gasteiger partial charge in [0.1, 0.15) is 0 Å². The first-order valence-corrected chi connectivity index (χ1v) is 4.46. The fourth-order valence-electron chi connectivity index (χ4n) is 0.714. The Hall–Kier alpha value is -1.31. The lowest BCUT2D eigenvalue weighted by atomic mass is 10.2. The first-order valence-electron chi connectivity index (χ1n) is 4.46. The molecule has 0 radical (unpaired) electrons. The van der Waals surface area contributed by atoms with Crippen molar-refractivity contribution < 1.29 is 9.90 Å². The molecule has 0 fully saturated rings. The van der Waals surface area contributed by atoms with Crippen molar-refractivity contribution in [2.45, 2.75) is 26.7 Å². The highest BCUT2D eigenvalue weighted by Crippen LogP contribution is 1.96. The van der Waals surface area contributed by atoms with Crippen molar-refractivity contribution in [1.82, 2.24) is 0 Å². The van der Waals surface area contributed by atoms with E-state index in [-0.39, 0.29) is 6.42 Å². The normalized spacial score (nSPS) is 8.46. The lowest BCUT2D eigenvalue weighted by molar-refractivity contribution is -0.136. The van der Waals surface area contributed by atoms with Crippen LogP contribution in [-0.2, 0) is 11.2 Å². The molecule has 0 aromatic heterocycles. The first kappa shape index (κ1) is 11.7. The Balaban J connectivity index is 0.000000252. The van der Waals surface area contributed by atoms with Crippen LogP contribution in [0.4, 0.5) is 0 Å². The molecule has 0 atom stereocenters. The molecule has 1 N–H and O–H groups in total. The number of rotatable bonds is 2. The first-order chi connectivity index (χ1) is 6.20. The van der Waals surface area contributed by atoms with Gasteiger partial charge in [0.15, 0.2) is 0 Å². The molecule has 1 aromatic carbocycles. The largest absolute Gasteiger partial charge is 0.481 e. The van der Waals surface area contributed by atoms with Crippen LogP contribution in [0.1, 0.15) is 25.8 Å². The third kappa shape index (κ3) is 7.06. The third-order valence-corrected chi connectivity index (χ3v) is 1.55. The van der Waals surface area contributed by atoms with Gasteiger partial charge in [-0.15, -0.1) is 0 Å². The van der Waals surface area contributed by atoms with Crippen LogP contribution >= 0.6 is 0 Å². The van der Waals surface area contributed by atoms with E-state index < -0.39 is 5.97 Å². The number of carboxylic acid groups (broad SMARTS) is 1. The third-order valence-electron chi connectivity index (χ3n) is 1.55. The summed E-state index contributed by atoms with van der Waals surface area (Å²) in [7, 11) is 0. The second-order valence-electron chi connectivity index (χ2n) is 2.59. The molecule has 0 heterocycles. The van der Waals surface area contributed by atoms with Crippen LogP contribution in [0.5, 0.6) is 0 Å². The average molecular weight is 180 g/mol. The number of benzene rings is 1. The zero-order chi connectivity index (χ0) is 10.1. The Morgan fingerprint density at radius 1 is 1.23 bits per heavy atom. The number of hydrogen-bond donors (Lipinski definition) is 1. The zero-order valence-electron chi connectivity index (χ0n) is 8.16. The van der Waals surface area contributed by atoms with Crippen molar-refractivity contribution in [3.05, 3.63) is 35.9 Å². The second kappa shape index (κ2) is 7.35. The number of aryl methyl sites for hydroxylation is 1. The van der Waals surface area contributed by atoms with Crippen molar-refractivity contribution in [3.63, 3.8) is 0 Å². The SMILES string of the molecule is CCC(=O)O.CCc1ccccc1. The van der Waals surface area contributed by atoms with E-state index in [9.17, 15) is 4.79 Å². The number of aliphatic carboxylic acids is 1. The van der Waals surface area contributed by atoms with E-state index in [1.54, 1.807) is 6.92 Å². The minimum absolute atomic E-state index is 0.222. The van der Waals surface area contributed by atoms with Crippen LogP contribution in [-0.4, -0.2) is 11.1 Å². The summed E-state index contributed by atoms with van der Waals surface area (Å²) in [6.45, 7) is 3.76. The highest BCUT2D eigenvalue weighted by Gasteiger charge is 1.81. The summed E-state index contributed by atoms with van der Waals surface area (Å²) in [4.78, 5) is 9.37. The summed E-state index contributed by atoms with van der Waals surface area (Å²) >= 11 is 0. The van der Waals surface area contributed by atoms with Gasteiger partial charge in [-0.25, -0.2) is 0 Å². The van der Waals surface area contributed by atoms with Crippen LogP contribution in [0.15, 0.2) is 30.3 Å². The summed E-state index contributed by atoms with van der Waals surface area (Å²) < 4.78 is 0. The van der Waals surface area contributed by atoms with E-state index in [1.165, 1.54) is 5.56 Å². The van der Waals surface area contributed by atoms with Gasteiger partial charge in [-0.2, -0.15) is 0 Å². The molecule has 0 saturated heterocycles. The molecule has 0 aliphatic carbocycles. The second-order valence-corrected chi connectivity index (χ2v) is 2.59. The number of carbonyl (C=O) groups is 1. The monoisotopic (exact) mass is 180 g/mol. The van der Waals surface area contributed by atoms with Gasteiger partial charge >= 0.3 is 5.97 Å². The maximum absolute atomic E-state index is 9.37. The lowest BCUT2D eigenvalue weighted by Crippen LogP contribution is -1.86. The quantitative estimate of drug-likeness (QED) is 0.759. The van der Waals surface area contributed by atoms with Crippen LogP contribution in [0.25, 0.3) is 0 Å². The standard InChI is InChI=1S/C8H10.C3H6O2/c1-2-8-6-4-3-5-7-8;1-2-3(4)5/h3-7H,2H2,1H3;2H2,1H3,(H,4,5). The van der Waals surface area contributed by atoms with E-state index in [4.69, 9.17) is 5.11 Å². The smallest absolute Gasteiger partial charge is 0.303 e. The van der Waals surface area contributed by atoms with Crippen molar-refractivity contribution in [2.75, 3.05) is 0 Å². The molecule has 0 spiro atoms. The topological polar surface area (TPSA) is 37.3 Å². The van der Waals surface area contributed by atoms with Crippen LogP contribution in [0, 0.1) is 0 Å². The Morgan fingerprint density at radius 2 is 1.69 bits per heavy atom. The van der Waals surface area contributed by atoms with Crippen LogP contribution in [0.2, 0.25) is 0 Å². The van der Waals surface area contributed by atoms with E-state index in [0.29, 0.717) is 0 Å². The Labute approximate surface area is 79.2 Å². The number of hydrogen-bond acceptors (Lipinski definition) is 1. The van der Waals surface area contributed by atoms with Gasteiger partial charge in [-0.05, 0) is 12.0 Å². The minimum Gasteiger partial charge on any atom is -0.481 e. The summed E-state index contributed by atoms with van der Waals surface area (Å²) in [6, 6.07) is 10.5. The average Bonchev–Trinajstić information content (AvgIpc) is 2.20. The fraction of sp³-hybridized carbons (Fsp3) is 0.364. The molecule has 0 bridgehead atoms. The van der Waals surface area contributed by atoms with Crippen LogP contribution in [0.3, 0.4) is 0 Å². The van der Waals surface area contributed by atoms with Crippen molar-refractivity contribution in [2.24, 2.45) is 0 Å². The maximum atomic E-state index is 9.37. The summed E-state index contributed by atoms with van der Waals surface area (Å²) in [5.74, 6) is -0.745. The molecule has 0 amide bonds. The van der Waals surface area contributed by atoms with Gasteiger partial charge in [0.25, 0.3) is 0 Å². The van der Waals surface area contributed by atoms with Crippen molar-refractivity contribution in [1.29, 1.82) is 0 Å². The predicted octanol–water partition coefficient (Wildman–Crippen LogP) is 2.73. The fourth-order valence-corrected chi connectivity index (χ4v) is 0.714. The predicted molar refractivity (Wildman–Crippen MR) is 53.7 cm³/mol. The van der Waals surface area contributed by atoms with Crippen molar-refractivity contribution >= 4 is 5.97 Å². The Kier molecular flexibility index (Phi) is 6.60. The molecular weight excluding hydrogens is 164 g/mol. The zero-order valence-corrected chi connectivity index (χ0v) is 8.16. The van der Waals surface area contributed by atoms with E-state index in [2.05, 4.69) is 31.2 Å². The van der Waals surface area contributed by atoms with Gasteiger partial charge in [0.05, 0.1) is 0 Å².